The third-order valence-electron chi connectivity index (χ3n) is 3.35. The van der Waals surface area contributed by atoms with Crippen molar-refractivity contribution in [1.29, 1.82) is 0 Å². The Balaban J connectivity index is 0.00000180. The smallest absolute Gasteiger partial charge is 0.241 e. The highest BCUT2D eigenvalue weighted by Crippen LogP contribution is 2.25. The van der Waals surface area contributed by atoms with Crippen molar-refractivity contribution in [1.82, 2.24) is 5.32 Å². The molecule has 3 N–H and O–H groups in total. The first kappa shape index (κ1) is 15.8. The lowest BCUT2D eigenvalue weighted by Crippen LogP contribution is -2.43. The summed E-state index contributed by atoms with van der Waals surface area (Å²) in [6.45, 7) is 2.93. The molecule has 1 aromatic carbocycles. The van der Waals surface area contributed by atoms with Gasteiger partial charge in [0.05, 0.1) is 11.7 Å². The lowest BCUT2D eigenvalue weighted by molar-refractivity contribution is -0.118. The predicted molar refractivity (Wildman–Crippen MR) is 79.0 cm³/mol. The van der Waals surface area contributed by atoms with Crippen LogP contribution in [0.4, 0.5) is 5.69 Å². The predicted octanol–water partition coefficient (Wildman–Crippen LogP) is 2.46. The second-order valence-electron chi connectivity index (χ2n) is 4.70. The maximum atomic E-state index is 12.0. The fraction of sp³-hybridized carbons (Fsp3) is 0.500. The second-order valence-corrected chi connectivity index (χ2v) is 4.70. The summed E-state index contributed by atoms with van der Waals surface area (Å²) in [5.74, 6) is 0.0645. The number of phenolic OH excluding ortho intramolecular Hbond substituents is 1. The van der Waals surface area contributed by atoms with E-state index in [-0.39, 0.29) is 30.1 Å². The van der Waals surface area contributed by atoms with Crippen molar-refractivity contribution in [3.63, 3.8) is 0 Å². The molecule has 0 spiro atoms. The lowest BCUT2D eigenvalue weighted by atomic mass is 10.0. The fourth-order valence-corrected chi connectivity index (χ4v) is 2.20. The monoisotopic (exact) mass is 284 g/mol. The molecule has 1 heterocycles. The number of aryl methyl sites for hydroxylation is 1. The van der Waals surface area contributed by atoms with Crippen LogP contribution in [0.2, 0.25) is 0 Å². The summed E-state index contributed by atoms with van der Waals surface area (Å²) in [6, 6.07) is 5.19. The molecule has 1 atom stereocenters. The SMILES string of the molecule is CCc1ccc(O)c(NC(=O)C2CCCCN2)c1.Cl. The van der Waals surface area contributed by atoms with E-state index in [9.17, 15) is 9.90 Å². The summed E-state index contributed by atoms with van der Waals surface area (Å²) in [4.78, 5) is 12.0. The summed E-state index contributed by atoms with van der Waals surface area (Å²) in [6.07, 6.45) is 3.94. The summed E-state index contributed by atoms with van der Waals surface area (Å²) in [7, 11) is 0. The van der Waals surface area contributed by atoms with Crippen LogP contribution in [0.15, 0.2) is 18.2 Å². The van der Waals surface area contributed by atoms with E-state index < -0.39 is 0 Å². The quantitative estimate of drug-likeness (QED) is 0.747. The normalized spacial score (nSPS) is 18.5. The van der Waals surface area contributed by atoms with Crippen LogP contribution in [0.3, 0.4) is 0 Å². The third-order valence-corrected chi connectivity index (χ3v) is 3.35. The first-order chi connectivity index (χ1) is 8.70. The minimum atomic E-state index is -0.136. The molecule has 1 unspecified atom stereocenters. The molecular formula is C14H21ClN2O2. The van der Waals surface area contributed by atoms with E-state index >= 15 is 0 Å². The van der Waals surface area contributed by atoms with Gasteiger partial charge in [0.25, 0.3) is 0 Å². The van der Waals surface area contributed by atoms with Gasteiger partial charge in [0, 0.05) is 0 Å². The summed E-state index contributed by atoms with van der Waals surface area (Å²) < 4.78 is 0. The number of benzene rings is 1. The van der Waals surface area contributed by atoms with Crippen molar-refractivity contribution in [3.05, 3.63) is 23.8 Å². The van der Waals surface area contributed by atoms with Gasteiger partial charge in [-0.25, -0.2) is 0 Å². The number of nitrogens with one attached hydrogen (secondary N) is 2. The number of aromatic hydroxyl groups is 1. The number of carbonyl (C=O) groups is 1. The highest BCUT2D eigenvalue weighted by molar-refractivity contribution is 5.96. The van der Waals surface area contributed by atoms with Gasteiger partial charge in [-0.1, -0.05) is 19.4 Å². The van der Waals surface area contributed by atoms with E-state index in [1.165, 1.54) is 0 Å². The van der Waals surface area contributed by atoms with E-state index in [1.54, 1.807) is 6.07 Å². The molecule has 1 aromatic rings. The summed E-state index contributed by atoms with van der Waals surface area (Å²) >= 11 is 0. The first-order valence-electron chi connectivity index (χ1n) is 6.57. The third kappa shape index (κ3) is 4.11. The van der Waals surface area contributed by atoms with Crippen LogP contribution in [0, 0.1) is 0 Å². The summed E-state index contributed by atoms with van der Waals surface area (Å²) in [5, 5.41) is 15.7. The summed E-state index contributed by atoms with van der Waals surface area (Å²) in [5.41, 5.74) is 1.60. The van der Waals surface area contributed by atoms with Crippen molar-refractivity contribution in [3.8, 4) is 5.75 Å². The van der Waals surface area contributed by atoms with Crippen molar-refractivity contribution in [2.45, 2.75) is 38.6 Å². The first-order valence-corrected chi connectivity index (χ1v) is 6.57. The Kier molecular flexibility index (Phi) is 6.12. The molecule has 1 amide bonds. The molecule has 0 saturated carbocycles. The average molecular weight is 285 g/mol. The number of carbonyl (C=O) groups excluding carboxylic acids is 1. The zero-order chi connectivity index (χ0) is 13.0. The van der Waals surface area contributed by atoms with Gasteiger partial charge in [-0.3, -0.25) is 4.79 Å². The largest absolute Gasteiger partial charge is 0.506 e. The Morgan fingerprint density at radius 1 is 1.47 bits per heavy atom. The Morgan fingerprint density at radius 2 is 2.26 bits per heavy atom. The van der Waals surface area contributed by atoms with E-state index in [4.69, 9.17) is 0 Å². The lowest BCUT2D eigenvalue weighted by Gasteiger charge is -2.22. The van der Waals surface area contributed by atoms with Gasteiger partial charge in [-0.2, -0.15) is 0 Å². The van der Waals surface area contributed by atoms with Gasteiger partial charge in [0.1, 0.15) is 5.75 Å². The van der Waals surface area contributed by atoms with Crippen LogP contribution < -0.4 is 10.6 Å². The molecule has 5 heteroatoms. The molecule has 1 fully saturated rings. The molecule has 1 saturated heterocycles. The standard InChI is InChI=1S/C14H20N2O2.ClH/c1-2-10-6-7-13(17)12(9-10)16-14(18)11-5-3-4-8-15-11;/h6-7,9,11,15,17H,2-5,8H2,1H3,(H,16,18);1H. The van der Waals surface area contributed by atoms with Gasteiger partial charge in [0.2, 0.25) is 5.91 Å². The number of phenols is 1. The van der Waals surface area contributed by atoms with Crippen molar-refractivity contribution >= 4 is 24.0 Å². The zero-order valence-electron chi connectivity index (χ0n) is 11.1. The number of hydrogen-bond donors (Lipinski definition) is 3. The van der Waals surface area contributed by atoms with E-state index in [0.29, 0.717) is 5.69 Å². The van der Waals surface area contributed by atoms with Gasteiger partial charge in [0.15, 0.2) is 0 Å². The van der Waals surface area contributed by atoms with Gasteiger partial charge in [-0.05, 0) is 43.5 Å². The van der Waals surface area contributed by atoms with Crippen molar-refractivity contribution < 1.29 is 9.90 Å². The van der Waals surface area contributed by atoms with Crippen molar-refractivity contribution in [2.24, 2.45) is 0 Å². The van der Waals surface area contributed by atoms with Crippen LogP contribution in [0.25, 0.3) is 0 Å². The van der Waals surface area contributed by atoms with Gasteiger partial charge in [-0.15, -0.1) is 12.4 Å². The molecule has 4 nitrogen and oxygen atoms in total. The zero-order valence-corrected chi connectivity index (χ0v) is 11.9. The van der Waals surface area contributed by atoms with Crippen LogP contribution in [0.5, 0.6) is 5.75 Å². The number of halogens is 1. The Morgan fingerprint density at radius 3 is 2.89 bits per heavy atom. The maximum Gasteiger partial charge on any atom is 0.241 e. The minimum Gasteiger partial charge on any atom is -0.506 e. The molecule has 0 bridgehead atoms. The maximum absolute atomic E-state index is 12.0. The molecule has 19 heavy (non-hydrogen) atoms. The number of anilines is 1. The topological polar surface area (TPSA) is 61.4 Å². The molecule has 0 aliphatic carbocycles. The Bertz CT molecular complexity index is 431. The second kappa shape index (κ2) is 7.36. The fourth-order valence-electron chi connectivity index (χ4n) is 2.20. The average Bonchev–Trinajstić information content (AvgIpc) is 2.42. The van der Waals surface area contributed by atoms with E-state index in [1.807, 2.05) is 19.1 Å². The van der Waals surface area contributed by atoms with E-state index in [2.05, 4.69) is 10.6 Å². The highest BCUT2D eigenvalue weighted by Gasteiger charge is 2.21. The number of hydrogen-bond acceptors (Lipinski definition) is 3. The molecular weight excluding hydrogens is 264 g/mol. The van der Waals surface area contributed by atoms with Gasteiger partial charge < -0.3 is 15.7 Å². The molecule has 1 aliphatic heterocycles. The molecule has 0 radical (unpaired) electrons. The number of rotatable bonds is 3. The van der Waals surface area contributed by atoms with Gasteiger partial charge >= 0.3 is 0 Å². The van der Waals surface area contributed by atoms with Crippen LogP contribution >= 0.6 is 12.4 Å². The van der Waals surface area contributed by atoms with Crippen LogP contribution in [-0.2, 0) is 11.2 Å². The Labute approximate surface area is 120 Å². The molecule has 0 aromatic heterocycles. The minimum absolute atomic E-state index is 0. The molecule has 1 aliphatic rings. The Hall–Kier alpha value is -1.26. The van der Waals surface area contributed by atoms with Crippen molar-refractivity contribution in [2.75, 3.05) is 11.9 Å². The van der Waals surface area contributed by atoms with Crippen LogP contribution in [0.1, 0.15) is 31.7 Å². The molecule has 2 rings (SSSR count). The number of piperidine rings is 1. The highest BCUT2D eigenvalue weighted by atomic mass is 35.5. The van der Waals surface area contributed by atoms with Crippen LogP contribution in [-0.4, -0.2) is 23.6 Å². The molecule has 106 valence electrons. The number of amides is 1. The van der Waals surface area contributed by atoms with E-state index in [0.717, 1.165) is 37.8 Å².